The number of halogens is 3. The summed E-state index contributed by atoms with van der Waals surface area (Å²) in [5, 5.41) is 3.10. The lowest BCUT2D eigenvalue weighted by atomic mass is 9.89. The summed E-state index contributed by atoms with van der Waals surface area (Å²) in [7, 11) is 0. The van der Waals surface area contributed by atoms with E-state index in [1.807, 2.05) is 0 Å². The fraction of sp³-hybridized carbons (Fsp3) is 0.500. The topological polar surface area (TPSA) is 12.0 Å². The molecule has 1 aromatic carbocycles. The molecule has 1 heterocycles. The summed E-state index contributed by atoms with van der Waals surface area (Å²) in [5.41, 5.74) is -0.408. The molecular formula is C12H14F3N. The summed E-state index contributed by atoms with van der Waals surface area (Å²) < 4.78 is 40.8. The number of hydrogen-bond donors (Lipinski definition) is 1. The number of piperidine rings is 1. The predicted octanol–water partition coefficient (Wildman–Crippen LogP) is 2.98. The molecule has 0 aliphatic carbocycles. The molecule has 16 heavy (non-hydrogen) atoms. The van der Waals surface area contributed by atoms with Crippen LogP contribution in [0, 0.1) is 17.6 Å². The van der Waals surface area contributed by atoms with E-state index in [4.69, 9.17) is 0 Å². The molecule has 1 aliphatic rings. The number of nitrogens with one attached hydrogen (secondary N) is 1. The van der Waals surface area contributed by atoms with E-state index in [1.165, 1.54) is 6.07 Å². The van der Waals surface area contributed by atoms with Crippen LogP contribution in [0.1, 0.15) is 24.6 Å². The third kappa shape index (κ3) is 2.21. The van der Waals surface area contributed by atoms with Crippen LogP contribution in [0.5, 0.6) is 0 Å². The van der Waals surface area contributed by atoms with Gasteiger partial charge in [0.15, 0.2) is 0 Å². The van der Waals surface area contributed by atoms with Gasteiger partial charge in [0, 0.05) is 0 Å². The second kappa shape index (κ2) is 4.87. The monoisotopic (exact) mass is 229 g/mol. The van der Waals surface area contributed by atoms with Gasteiger partial charge in [-0.3, -0.25) is 0 Å². The lowest BCUT2D eigenvalue weighted by molar-refractivity contribution is 0.181. The van der Waals surface area contributed by atoms with Crippen molar-refractivity contribution in [2.24, 2.45) is 5.92 Å². The lowest BCUT2D eigenvalue weighted by Crippen LogP contribution is -2.30. The van der Waals surface area contributed by atoms with Crippen LogP contribution in [0.2, 0.25) is 0 Å². The largest absolute Gasteiger partial charge is 0.317 e. The lowest BCUT2D eigenvalue weighted by Gasteiger charge is -2.26. The van der Waals surface area contributed by atoms with E-state index >= 15 is 0 Å². The molecule has 1 saturated heterocycles. The molecule has 4 heteroatoms. The quantitative estimate of drug-likeness (QED) is 0.822. The van der Waals surface area contributed by atoms with Crippen molar-refractivity contribution < 1.29 is 13.2 Å². The summed E-state index contributed by atoms with van der Waals surface area (Å²) >= 11 is 0. The van der Waals surface area contributed by atoms with Crippen molar-refractivity contribution in [3.8, 4) is 0 Å². The van der Waals surface area contributed by atoms with Gasteiger partial charge in [-0.05, 0) is 44.0 Å². The minimum atomic E-state index is -1.54. The molecule has 88 valence electrons. The van der Waals surface area contributed by atoms with Crippen LogP contribution in [0.3, 0.4) is 0 Å². The molecule has 1 aliphatic heterocycles. The van der Waals surface area contributed by atoms with Crippen molar-refractivity contribution in [2.45, 2.75) is 19.0 Å². The Morgan fingerprint density at radius 1 is 1.12 bits per heavy atom. The molecule has 0 radical (unpaired) electrons. The Morgan fingerprint density at radius 3 is 2.25 bits per heavy atom. The van der Waals surface area contributed by atoms with Crippen molar-refractivity contribution in [1.29, 1.82) is 0 Å². The van der Waals surface area contributed by atoms with Crippen molar-refractivity contribution in [3.05, 3.63) is 35.4 Å². The van der Waals surface area contributed by atoms with Gasteiger partial charge in [0.25, 0.3) is 0 Å². The maximum Gasteiger partial charge on any atom is 0.134 e. The van der Waals surface area contributed by atoms with Crippen molar-refractivity contribution in [2.75, 3.05) is 13.1 Å². The van der Waals surface area contributed by atoms with E-state index in [0.717, 1.165) is 12.1 Å². The van der Waals surface area contributed by atoms with Crippen LogP contribution in [0.25, 0.3) is 0 Å². The Morgan fingerprint density at radius 2 is 1.69 bits per heavy atom. The van der Waals surface area contributed by atoms with E-state index in [-0.39, 0.29) is 5.92 Å². The van der Waals surface area contributed by atoms with E-state index in [2.05, 4.69) is 5.32 Å². The van der Waals surface area contributed by atoms with E-state index in [1.54, 1.807) is 0 Å². The molecule has 1 fully saturated rings. The second-order valence-corrected chi connectivity index (χ2v) is 4.12. The molecule has 0 spiro atoms. The fourth-order valence-electron chi connectivity index (χ4n) is 2.15. The first-order chi connectivity index (χ1) is 7.70. The second-order valence-electron chi connectivity index (χ2n) is 4.12. The van der Waals surface area contributed by atoms with Crippen LogP contribution in [0.4, 0.5) is 13.2 Å². The predicted molar refractivity (Wildman–Crippen MR) is 55.8 cm³/mol. The summed E-state index contributed by atoms with van der Waals surface area (Å²) in [6, 6.07) is 3.46. The first-order valence-corrected chi connectivity index (χ1v) is 5.49. The molecule has 1 atom stereocenters. The molecular weight excluding hydrogens is 215 g/mol. The highest BCUT2D eigenvalue weighted by Crippen LogP contribution is 2.34. The van der Waals surface area contributed by atoms with Crippen LogP contribution >= 0.6 is 0 Å². The van der Waals surface area contributed by atoms with E-state index < -0.39 is 23.4 Å². The van der Waals surface area contributed by atoms with Gasteiger partial charge < -0.3 is 5.32 Å². The molecule has 1 aromatic rings. The summed E-state index contributed by atoms with van der Waals surface area (Å²) in [5.74, 6) is -1.86. The molecule has 0 amide bonds. The Labute approximate surface area is 92.7 Å². The van der Waals surface area contributed by atoms with Crippen LogP contribution < -0.4 is 5.32 Å². The van der Waals surface area contributed by atoms with Crippen molar-refractivity contribution >= 4 is 0 Å². The van der Waals surface area contributed by atoms with Gasteiger partial charge in [0.2, 0.25) is 0 Å². The van der Waals surface area contributed by atoms with Crippen LogP contribution in [0.15, 0.2) is 18.2 Å². The Kier molecular flexibility index (Phi) is 3.49. The average Bonchev–Trinajstić information content (AvgIpc) is 2.30. The average molecular weight is 229 g/mol. The van der Waals surface area contributed by atoms with Crippen molar-refractivity contribution in [1.82, 2.24) is 5.32 Å². The van der Waals surface area contributed by atoms with Gasteiger partial charge in [0.1, 0.15) is 17.8 Å². The van der Waals surface area contributed by atoms with Gasteiger partial charge >= 0.3 is 0 Å². The van der Waals surface area contributed by atoms with Gasteiger partial charge in [-0.2, -0.15) is 0 Å². The van der Waals surface area contributed by atoms with Gasteiger partial charge in [-0.25, -0.2) is 13.2 Å². The van der Waals surface area contributed by atoms with Crippen molar-refractivity contribution in [3.63, 3.8) is 0 Å². The maximum atomic E-state index is 14.0. The summed E-state index contributed by atoms with van der Waals surface area (Å²) in [6.07, 6.45) is -0.299. The number of rotatable bonds is 2. The van der Waals surface area contributed by atoms with Gasteiger partial charge in [-0.1, -0.05) is 6.07 Å². The molecule has 0 aromatic heterocycles. The van der Waals surface area contributed by atoms with E-state index in [9.17, 15) is 13.2 Å². The molecule has 1 N–H and O–H groups in total. The minimum absolute atomic E-state index is 0.285. The summed E-state index contributed by atoms with van der Waals surface area (Å²) in [4.78, 5) is 0. The molecule has 1 unspecified atom stereocenters. The molecule has 1 nitrogen and oxygen atoms in total. The molecule has 2 rings (SSSR count). The zero-order chi connectivity index (χ0) is 11.5. The Bertz CT molecular complexity index is 341. The summed E-state index contributed by atoms with van der Waals surface area (Å²) in [6.45, 7) is 1.42. The third-order valence-electron chi connectivity index (χ3n) is 3.07. The third-order valence-corrected chi connectivity index (χ3v) is 3.07. The molecule has 0 bridgehead atoms. The highest BCUT2D eigenvalue weighted by molar-refractivity contribution is 5.22. The highest BCUT2D eigenvalue weighted by atomic mass is 19.2. The fourth-order valence-corrected chi connectivity index (χ4v) is 2.15. The van der Waals surface area contributed by atoms with Crippen LogP contribution in [-0.2, 0) is 0 Å². The number of benzene rings is 1. The first-order valence-electron chi connectivity index (χ1n) is 5.49. The molecule has 0 saturated carbocycles. The zero-order valence-corrected chi connectivity index (χ0v) is 8.85. The Balaban J connectivity index is 2.22. The SMILES string of the molecule is Fc1cccc(F)c1C(F)C1CCNCC1. The standard InChI is InChI=1S/C12H14F3N/c13-9-2-1-3-10(14)11(9)12(15)8-4-6-16-7-5-8/h1-3,8,12,16H,4-7H2. The van der Waals surface area contributed by atoms with Gasteiger partial charge in [-0.15, -0.1) is 0 Å². The smallest absolute Gasteiger partial charge is 0.134 e. The maximum absolute atomic E-state index is 14.0. The Hall–Kier alpha value is -1.03. The van der Waals surface area contributed by atoms with E-state index in [0.29, 0.717) is 25.9 Å². The van der Waals surface area contributed by atoms with Crippen LogP contribution in [-0.4, -0.2) is 13.1 Å². The number of hydrogen-bond acceptors (Lipinski definition) is 1. The highest BCUT2D eigenvalue weighted by Gasteiger charge is 2.29. The first kappa shape index (κ1) is 11.5. The number of alkyl halides is 1. The normalized spacial score (nSPS) is 19.7. The zero-order valence-electron chi connectivity index (χ0n) is 8.85. The van der Waals surface area contributed by atoms with Gasteiger partial charge in [0.05, 0.1) is 5.56 Å². The minimum Gasteiger partial charge on any atom is -0.317 e.